The molecule has 3 fully saturated rings. The fourth-order valence-electron chi connectivity index (χ4n) is 5.96. The van der Waals surface area contributed by atoms with Crippen molar-refractivity contribution in [2.24, 2.45) is 5.92 Å². The third kappa shape index (κ3) is 4.29. The van der Waals surface area contributed by atoms with Gasteiger partial charge in [-0.25, -0.2) is 9.97 Å². The average molecular weight is 456 g/mol. The van der Waals surface area contributed by atoms with Gasteiger partial charge in [0.1, 0.15) is 16.5 Å². The Morgan fingerprint density at radius 3 is 2.56 bits per heavy atom. The Bertz CT molecular complexity index is 939. The number of nitrogens with zero attached hydrogens (tertiary/aromatic N) is 5. The highest BCUT2D eigenvalue weighted by Gasteiger charge is 2.28. The fourth-order valence-corrected chi connectivity index (χ4v) is 7.23. The van der Waals surface area contributed by atoms with Gasteiger partial charge in [-0.05, 0) is 69.5 Å². The highest BCUT2D eigenvalue weighted by molar-refractivity contribution is 7.19. The van der Waals surface area contributed by atoms with Crippen LogP contribution in [0.3, 0.4) is 0 Å². The predicted octanol–water partition coefficient (Wildman–Crippen LogP) is 3.71. The molecule has 32 heavy (non-hydrogen) atoms. The standard InChI is InChI=1S/C25H37N5OS/c1-18-7-9-28(10-8-18)17-22-26-24(23-20-5-2-6-21(20)32-25(23)27-22)30-13-11-29(12-14-30)16-19-4-3-15-31-19/h18-19H,2-17H2,1H3/t19-/m1/s1. The second-order valence-electron chi connectivity index (χ2n) is 10.4. The number of piperidine rings is 1. The van der Waals surface area contributed by atoms with Crippen molar-refractivity contribution in [1.82, 2.24) is 19.8 Å². The summed E-state index contributed by atoms with van der Waals surface area (Å²) in [7, 11) is 0. The second kappa shape index (κ2) is 9.16. The smallest absolute Gasteiger partial charge is 0.146 e. The third-order valence-corrected chi connectivity index (χ3v) is 9.18. The number of ether oxygens (including phenoxy) is 1. The summed E-state index contributed by atoms with van der Waals surface area (Å²) in [6, 6.07) is 0. The molecule has 1 aliphatic carbocycles. The van der Waals surface area contributed by atoms with Crippen LogP contribution in [0, 0.1) is 5.92 Å². The Balaban J connectivity index is 1.23. The summed E-state index contributed by atoms with van der Waals surface area (Å²) in [4.78, 5) is 20.9. The van der Waals surface area contributed by atoms with Gasteiger partial charge in [-0.3, -0.25) is 9.80 Å². The lowest BCUT2D eigenvalue weighted by atomic mass is 9.99. The van der Waals surface area contributed by atoms with E-state index >= 15 is 0 Å². The molecule has 1 atom stereocenters. The maximum Gasteiger partial charge on any atom is 0.146 e. The van der Waals surface area contributed by atoms with Crippen molar-refractivity contribution in [2.75, 3.05) is 57.3 Å². The van der Waals surface area contributed by atoms with E-state index < -0.39 is 0 Å². The molecular formula is C25H37N5OS. The number of hydrogen-bond donors (Lipinski definition) is 0. The van der Waals surface area contributed by atoms with Crippen LogP contribution >= 0.6 is 11.3 Å². The van der Waals surface area contributed by atoms with Crippen LogP contribution in [0.1, 0.15) is 55.3 Å². The first-order valence-corrected chi connectivity index (χ1v) is 13.7. The number of fused-ring (bicyclic) bond motifs is 3. The van der Waals surface area contributed by atoms with Crippen molar-refractivity contribution in [2.45, 2.75) is 64.5 Å². The molecule has 0 N–H and O–H groups in total. The van der Waals surface area contributed by atoms with E-state index in [0.29, 0.717) is 6.10 Å². The molecule has 174 valence electrons. The Kier molecular flexibility index (Phi) is 6.09. The monoisotopic (exact) mass is 455 g/mol. The molecule has 2 aromatic heterocycles. The maximum atomic E-state index is 5.88. The summed E-state index contributed by atoms with van der Waals surface area (Å²) in [6.45, 7) is 12.0. The van der Waals surface area contributed by atoms with E-state index in [1.54, 1.807) is 10.4 Å². The molecule has 4 aliphatic rings. The quantitative estimate of drug-likeness (QED) is 0.685. The van der Waals surface area contributed by atoms with Crippen molar-refractivity contribution >= 4 is 27.4 Å². The Labute approximate surface area is 195 Å². The number of likely N-dealkylation sites (tertiary alicyclic amines) is 1. The normalized spacial score (nSPS) is 25.8. The van der Waals surface area contributed by atoms with Gasteiger partial charge in [-0.1, -0.05) is 6.92 Å². The van der Waals surface area contributed by atoms with Crippen LogP contribution in [0.25, 0.3) is 10.2 Å². The SMILES string of the molecule is CC1CCN(Cc2nc(N3CCN(C[C@H]4CCCO4)CC3)c3c4c(sc3n2)CCC4)CC1. The van der Waals surface area contributed by atoms with E-state index in [1.165, 1.54) is 74.1 Å². The van der Waals surface area contributed by atoms with Crippen LogP contribution in [-0.2, 0) is 24.1 Å². The van der Waals surface area contributed by atoms with E-state index in [9.17, 15) is 0 Å². The maximum absolute atomic E-state index is 5.88. The third-order valence-electron chi connectivity index (χ3n) is 7.99. The first-order valence-electron chi connectivity index (χ1n) is 12.9. The number of aromatic nitrogens is 2. The van der Waals surface area contributed by atoms with E-state index in [4.69, 9.17) is 14.7 Å². The summed E-state index contributed by atoms with van der Waals surface area (Å²) in [5.41, 5.74) is 1.56. The van der Waals surface area contributed by atoms with Crippen LogP contribution in [0.4, 0.5) is 5.82 Å². The number of hydrogen-bond acceptors (Lipinski definition) is 7. The molecule has 6 nitrogen and oxygen atoms in total. The molecule has 6 rings (SSSR count). The summed E-state index contributed by atoms with van der Waals surface area (Å²) in [6.07, 6.45) is 9.23. The minimum absolute atomic E-state index is 0.450. The zero-order valence-corrected chi connectivity index (χ0v) is 20.3. The first-order chi connectivity index (χ1) is 15.7. The first kappa shape index (κ1) is 21.3. The minimum Gasteiger partial charge on any atom is -0.377 e. The van der Waals surface area contributed by atoms with Crippen molar-refractivity contribution in [3.8, 4) is 0 Å². The number of anilines is 1. The minimum atomic E-state index is 0.450. The van der Waals surface area contributed by atoms with Crippen LogP contribution in [0.5, 0.6) is 0 Å². The topological polar surface area (TPSA) is 44.7 Å². The zero-order chi connectivity index (χ0) is 21.5. The van der Waals surface area contributed by atoms with Crippen molar-refractivity contribution in [3.05, 3.63) is 16.3 Å². The van der Waals surface area contributed by atoms with Gasteiger partial charge in [0.05, 0.1) is 18.0 Å². The summed E-state index contributed by atoms with van der Waals surface area (Å²) < 4.78 is 5.88. The summed E-state index contributed by atoms with van der Waals surface area (Å²) in [5.74, 6) is 3.12. The number of rotatable bonds is 5. The van der Waals surface area contributed by atoms with Gasteiger partial charge in [-0.15, -0.1) is 11.3 Å². The Morgan fingerprint density at radius 2 is 1.78 bits per heavy atom. The molecule has 3 saturated heterocycles. The molecule has 2 aromatic rings. The van der Waals surface area contributed by atoms with Crippen LogP contribution < -0.4 is 4.90 Å². The van der Waals surface area contributed by atoms with Gasteiger partial charge in [0, 0.05) is 44.2 Å². The van der Waals surface area contributed by atoms with Crippen molar-refractivity contribution in [1.29, 1.82) is 0 Å². The highest BCUT2D eigenvalue weighted by Crippen LogP contribution is 2.41. The van der Waals surface area contributed by atoms with Crippen molar-refractivity contribution < 1.29 is 4.74 Å². The van der Waals surface area contributed by atoms with Gasteiger partial charge >= 0.3 is 0 Å². The van der Waals surface area contributed by atoms with Crippen LogP contribution in [-0.4, -0.2) is 78.3 Å². The van der Waals surface area contributed by atoms with Gasteiger partial charge in [0.2, 0.25) is 0 Å². The number of aryl methyl sites for hydroxylation is 2. The molecule has 0 radical (unpaired) electrons. The molecule has 7 heteroatoms. The molecule has 0 saturated carbocycles. The van der Waals surface area contributed by atoms with Crippen molar-refractivity contribution in [3.63, 3.8) is 0 Å². The molecule has 0 unspecified atom stereocenters. The van der Waals surface area contributed by atoms with Crippen LogP contribution in [0.2, 0.25) is 0 Å². The highest BCUT2D eigenvalue weighted by atomic mass is 32.1. The van der Waals surface area contributed by atoms with Gasteiger partial charge in [0.15, 0.2) is 0 Å². The summed E-state index contributed by atoms with van der Waals surface area (Å²) >= 11 is 1.94. The lowest BCUT2D eigenvalue weighted by Crippen LogP contribution is -2.49. The predicted molar refractivity (Wildman–Crippen MR) is 131 cm³/mol. The molecule has 0 spiro atoms. The Morgan fingerprint density at radius 1 is 0.938 bits per heavy atom. The largest absolute Gasteiger partial charge is 0.377 e. The second-order valence-corrected chi connectivity index (χ2v) is 11.5. The lowest BCUT2D eigenvalue weighted by Gasteiger charge is -2.37. The molecular weight excluding hydrogens is 418 g/mol. The number of piperazine rings is 1. The molecule has 5 heterocycles. The number of thiophene rings is 1. The van der Waals surface area contributed by atoms with E-state index in [0.717, 1.165) is 57.6 Å². The van der Waals surface area contributed by atoms with Gasteiger partial charge in [0.25, 0.3) is 0 Å². The average Bonchev–Trinajstić information content (AvgIpc) is 3.53. The molecule has 3 aliphatic heterocycles. The van der Waals surface area contributed by atoms with E-state index in [1.807, 2.05) is 11.3 Å². The lowest BCUT2D eigenvalue weighted by molar-refractivity contribution is 0.0712. The van der Waals surface area contributed by atoms with E-state index in [-0.39, 0.29) is 0 Å². The van der Waals surface area contributed by atoms with E-state index in [2.05, 4.69) is 21.6 Å². The summed E-state index contributed by atoms with van der Waals surface area (Å²) in [5, 5.41) is 1.38. The zero-order valence-electron chi connectivity index (χ0n) is 19.5. The van der Waals surface area contributed by atoms with Crippen LogP contribution in [0.15, 0.2) is 0 Å². The molecule has 0 bridgehead atoms. The molecule has 0 amide bonds. The fraction of sp³-hybridized carbons (Fsp3) is 0.760. The van der Waals surface area contributed by atoms with Gasteiger partial charge < -0.3 is 9.64 Å². The van der Waals surface area contributed by atoms with Gasteiger partial charge in [-0.2, -0.15) is 0 Å². The molecule has 0 aromatic carbocycles. The Hall–Kier alpha value is -1.28.